The van der Waals surface area contributed by atoms with Crippen LogP contribution in [0.25, 0.3) is 0 Å². The van der Waals surface area contributed by atoms with Gasteiger partial charge in [0.25, 0.3) is 5.91 Å². The first kappa shape index (κ1) is 24.1. The summed E-state index contributed by atoms with van der Waals surface area (Å²) < 4.78 is 47.5. The highest BCUT2D eigenvalue weighted by Gasteiger charge is 2.27. The number of para-hydroxylation sites is 2. The molecule has 0 aliphatic carbocycles. The van der Waals surface area contributed by atoms with Crippen molar-refractivity contribution < 1.29 is 31.6 Å². The van der Waals surface area contributed by atoms with Crippen molar-refractivity contribution >= 4 is 22.2 Å². The lowest BCUT2D eigenvalue weighted by Crippen LogP contribution is -2.42. The van der Waals surface area contributed by atoms with Gasteiger partial charge in [0.2, 0.25) is 6.10 Å². The quantitative estimate of drug-likeness (QED) is 0.303. The standard InChI is InChI=1S/C25H24N2O7S/c1-16-8-9-17(2)24(12-16)35(29,30)34-21-11-10-18(13-22(21)31-3)14-26-27-25(28)23-15-32-19-6-4-5-7-20(19)33-23/h4-14,23H,15H2,1-3H3,(H,27,28). The van der Waals surface area contributed by atoms with Gasteiger partial charge in [-0.25, -0.2) is 5.43 Å². The van der Waals surface area contributed by atoms with Crippen LogP contribution in [0, 0.1) is 13.8 Å². The van der Waals surface area contributed by atoms with Gasteiger partial charge in [-0.2, -0.15) is 13.5 Å². The van der Waals surface area contributed by atoms with Crippen LogP contribution in [0.2, 0.25) is 0 Å². The molecule has 9 nitrogen and oxygen atoms in total. The van der Waals surface area contributed by atoms with Gasteiger partial charge in [-0.15, -0.1) is 0 Å². The van der Waals surface area contributed by atoms with E-state index in [1.54, 1.807) is 56.3 Å². The average Bonchev–Trinajstić information content (AvgIpc) is 2.85. The van der Waals surface area contributed by atoms with Crippen molar-refractivity contribution in [3.05, 3.63) is 77.4 Å². The number of methoxy groups -OCH3 is 1. The summed E-state index contributed by atoms with van der Waals surface area (Å²) in [6.45, 7) is 3.56. The molecule has 3 aromatic carbocycles. The first-order chi connectivity index (χ1) is 16.8. The topological polar surface area (TPSA) is 113 Å². The number of ether oxygens (including phenoxy) is 3. The highest BCUT2D eigenvalue weighted by atomic mass is 32.2. The van der Waals surface area contributed by atoms with E-state index in [0.717, 1.165) is 5.56 Å². The predicted octanol–water partition coefficient (Wildman–Crippen LogP) is 3.37. The summed E-state index contributed by atoms with van der Waals surface area (Å²) >= 11 is 0. The molecule has 0 saturated carbocycles. The molecule has 1 unspecified atom stereocenters. The molecule has 0 fully saturated rings. The minimum atomic E-state index is -4.07. The van der Waals surface area contributed by atoms with Gasteiger partial charge >= 0.3 is 10.1 Å². The number of rotatable bonds is 7. The van der Waals surface area contributed by atoms with Gasteiger partial charge in [-0.3, -0.25) is 4.79 Å². The fourth-order valence-electron chi connectivity index (χ4n) is 3.36. The Balaban J connectivity index is 1.43. The zero-order valence-corrected chi connectivity index (χ0v) is 20.2. The summed E-state index contributed by atoms with van der Waals surface area (Å²) in [5, 5.41) is 3.95. The monoisotopic (exact) mass is 496 g/mol. The van der Waals surface area contributed by atoms with E-state index in [-0.39, 0.29) is 23.0 Å². The van der Waals surface area contributed by atoms with Gasteiger partial charge in [0.05, 0.1) is 13.3 Å². The van der Waals surface area contributed by atoms with Crippen LogP contribution in [0.4, 0.5) is 0 Å². The Hall–Kier alpha value is -4.05. The lowest BCUT2D eigenvalue weighted by atomic mass is 10.2. The van der Waals surface area contributed by atoms with Crippen molar-refractivity contribution in [2.75, 3.05) is 13.7 Å². The number of carbonyl (C=O) groups excluding carboxylic acids is 1. The van der Waals surface area contributed by atoms with Crippen molar-refractivity contribution in [2.45, 2.75) is 24.8 Å². The second kappa shape index (κ2) is 10.1. The number of carbonyl (C=O) groups is 1. The van der Waals surface area contributed by atoms with Crippen LogP contribution in [0.5, 0.6) is 23.0 Å². The van der Waals surface area contributed by atoms with E-state index in [9.17, 15) is 13.2 Å². The zero-order chi connectivity index (χ0) is 25.0. The van der Waals surface area contributed by atoms with Crippen molar-refractivity contribution in [2.24, 2.45) is 5.10 Å². The van der Waals surface area contributed by atoms with Crippen LogP contribution in [-0.4, -0.2) is 40.4 Å². The number of fused-ring (bicyclic) bond motifs is 1. The smallest absolute Gasteiger partial charge is 0.339 e. The largest absolute Gasteiger partial charge is 0.493 e. The number of nitrogens with zero attached hydrogens (tertiary/aromatic N) is 1. The number of benzene rings is 3. The Morgan fingerprint density at radius 3 is 2.60 bits per heavy atom. The molecule has 182 valence electrons. The minimum absolute atomic E-state index is 0.0287. The number of hydrogen-bond donors (Lipinski definition) is 1. The first-order valence-electron chi connectivity index (χ1n) is 10.7. The molecule has 1 aliphatic heterocycles. The molecule has 4 rings (SSSR count). The second-order valence-electron chi connectivity index (χ2n) is 7.82. The summed E-state index contributed by atoms with van der Waals surface area (Å²) in [7, 11) is -2.67. The Bertz CT molecular complexity index is 1390. The molecule has 1 atom stereocenters. The van der Waals surface area contributed by atoms with Crippen LogP contribution in [0.3, 0.4) is 0 Å². The lowest BCUT2D eigenvalue weighted by Gasteiger charge is -2.24. The van der Waals surface area contributed by atoms with Gasteiger partial charge < -0.3 is 18.4 Å². The average molecular weight is 497 g/mol. The molecule has 0 bridgehead atoms. The maximum absolute atomic E-state index is 12.8. The zero-order valence-electron chi connectivity index (χ0n) is 19.3. The molecule has 1 aliphatic rings. The van der Waals surface area contributed by atoms with Gasteiger partial charge in [-0.1, -0.05) is 24.3 Å². The molecule has 10 heteroatoms. The molecule has 35 heavy (non-hydrogen) atoms. The normalized spacial score (nSPS) is 15.0. The van der Waals surface area contributed by atoms with Crippen molar-refractivity contribution in [1.29, 1.82) is 0 Å². The third-order valence-electron chi connectivity index (χ3n) is 5.19. The molecular weight excluding hydrogens is 472 g/mol. The van der Waals surface area contributed by atoms with Crippen LogP contribution < -0.4 is 23.8 Å². The molecule has 1 heterocycles. The Morgan fingerprint density at radius 1 is 1.06 bits per heavy atom. The predicted molar refractivity (Wildman–Crippen MR) is 129 cm³/mol. The van der Waals surface area contributed by atoms with Crippen LogP contribution in [-0.2, 0) is 14.9 Å². The highest BCUT2D eigenvalue weighted by molar-refractivity contribution is 7.87. The van der Waals surface area contributed by atoms with E-state index in [4.69, 9.17) is 18.4 Å². The minimum Gasteiger partial charge on any atom is -0.493 e. The molecule has 1 amide bonds. The summed E-state index contributed by atoms with van der Waals surface area (Å²) in [6, 6.07) is 16.8. The van der Waals surface area contributed by atoms with E-state index in [2.05, 4.69) is 10.5 Å². The van der Waals surface area contributed by atoms with E-state index in [0.29, 0.717) is 22.6 Å². The molecule has 0 saturated heterocycles. The van der Waals surface area contributed by atoms with Crippen molar-refractivity contribution in [3.63, 3.8) is 0 Å². The molecule has 0 radical (unpaired) electrons. The van der Waals surface area contributed by atoms with Crippen LogP contribution in [0.1, 0.15) is 16.7 Å². The van der Waals surface area contributed by atoms with Gasteiger partial charge in [-0.05, 0) is 66.9 Å². The van der Waals surface area contributed by atoms with E-state index in [1.165, 1.54) is 19.4 Å². The maximum Gasteiger partial charge on any atom is 0.339 e. The Kier molecular flexibility index (Phi) is 6.92. The summed E-state index contributed by atoms with van der Waals surface area (Å²) in [6.07, 6.45) is 0.545. The van der Waals surface area contributed by atoms with Gasteiger partial charge in [0.1, 0.15) is 11.5 Å². The Morgan fingerprint density at radius 2 is 1.83 bits per heavy atom. The SMILES string of the molecule is COc1cc(C=NNC(=O)C2COc3ccccc3O2)ccc1OS(=O)(=O)c1cc(C)ccc1C. The van der Waals surface area contributed by atoms with Gasteiger partial charge in [0.15, 0.2) is 23.0 Å². The van der Waals surface area contributed by atoms with Crippen LogP contribution >= 0.6 is 0 Å². The highest BCUT2D eigenvalue weighted by Crippen LogP contribution is 2.32. The fourth-order valence-corrected chi connectivity index (χ4v) is 4.62. The van der Waals surface area contributed by atoms with Crippen molar-refractivity contribution in [3.8, 4) is 23.0 Å². The molecule has 0 aromatic heterocycles. The number of aryl methyl sites for hydroxylation is 2. The summed E-state index contributed by atoms with van der Waals surface area (Å²) in [5.74, 6) is 0.811. The number of amides is 1. The number of hydrogen-bond acceptors (Lipinski definition) is 8. The van der Waals surface area contributed by atoms with Gasteiger partial charge in [0, 0.05) is 0 Å². The summed E-state index contributed by atoms with van der Waals surface area (Å²) in [4.78, 5) is 12.5. The van der Waals surface area contributed by atoms with E-state index >= 15 is 0 Å². The fraction of sp³-hybridized carbons (Fsp3) is 0.200. The van der Waals surface area contributed by atoms with Crippen LogP contribution in [0.15, 0.2) is 70.7 Å². The van der Waals surface area contributed by atoms with E-state index in [1.807, 2.05) is 12.1 Å². The Labute approximate surface area is 203 Å². The second-order valence-corrected chi connectivity index (χ2v) is 9.33. The lowest BCUT2D eigenvalue weighted by molar-refractivity contribution is -0.130. The third kappa shape index (κ3) is 5.55. The number of hydrazone groups is 1. The van der Waals surface area contributed by atoms with Crippen molar-refractivity contribution in [1.82, 2.24) is 5.43 Å². The third-order valence-corrected chi connectivity index (χ3v) is 6.57. The number of nitrogens with one attached hydrogen (secondary N) is 1. The molecule has 3 aromatic rings. The molecule has 1 N–H and O–H groups in total. The van der Waals surface area contributed by atoms with E-state index < -0.39 is 22.1 Å². The molecular formula is C25H24N2O7S. The summed E-state index contributed by atoms with van der Waals surface area (Å²) in [5.41, 5.74) is 4.33. The first-order valence-corrected chi connectivity index (χ1v) is 12.1. The maximum atomic E-state index is 12.8. The molecule has 0 spiro atoms.